The van der Waals surface area contributed by atoms with E-state index in [-0.39, 0.29) is 85.2 Å². The number of piperidine rings is 1. The highest BCUT2D eigenvalue weighted by Gasteiger charge is 2.39. The van der Waals surface area contributed by atoms with Crippen LogP contribution in [-0.4, -0.2) is 136 Å². The number of amides is 9. The molecule has 21 nitrogen and oxygen atoms in total. The van der Waals surface area contributed by atoms with Gasteiger partial charge in [0, 0.05) is 87.8 Å². The zero-order valence-electron chi connectivity index (χ0n) is 47.9. The van der Waals surface area contributed by atoms with Crippen LogP contribution in [0.15, 0.2) is 41.8 Å². The Labute approximate surface area is 469 Å². The molecular weight excluding hydrogens is 1030 g/mol. The molecule has 22 heteroatoms. The smallest absolute Gasteiger partial charge is 0.407 e. The summed E-state index contributed by atoms with van der Waals surface area (Å²) in [6.45, 7) is 17.2. The van der Waals surface area contributed by atoms with Crippen molar-refractivity contribution in [2.75, 3.05) is 32.0 Å². The maximum atomic E-state index is 14.4. The van der Waals surface area contributed by atoms with Crippen LogP contribution in [0.4, 0.5) is 10.5 Å². The number of nitrogens with zero attached hydrogens (tertiary/aromatic N) is 4. The van der Waals surface area contributed by atoms with Crippen molar-refractivity contribution in [2.45, 2.75) is 189 Å². The number of nitrogens with one attached hydrogen (secondary N) is 5. The normalized spacial score (nSPS) is 16.6. The number of anilines is 1. The van der Waals surface area contributed by atoms with E-state index in [0.717, 1.165) is 23.4 Å². The molecule has 4 rings (SSSR count). The lowest BCUT2D eigenvalue weighted by Crippen LogP contribution is -2.59. The van der Waals surface area contributed by atoms with Gasteiger partial charge in [0.15, 0.2) is 6.10 Å². The first kappa shape index (κ1) is 64.8. The third-order valence-electron chi connectivity index (χ3n) is 14.3. The van der Waals surface area contributed by atoms with Crippen LogP contribution in [-0.2, 0) is 59.2 Å². The number of alkyl carbamates (subject to hydrolysis) is 1. The van der Waals surface area contributed by atoms with Gasteiger partial charge in [0.2, 0.25) is 35.4 Å². The molecule has 0 spiro atoms. The average molecular weight is 1120 g/mol. The van der Waals surface area contributed by atoms with Gasteiger partial charge < -0.3 is 45.9 Å². The van der Waals surface area contributed by atoms with Gasteiger partial charge >= 0.3 is 12.1 Å². The SMILES string of the molecule is CC[C@H](C)[C@H](NC(=O)[C@H]1CCCCN1C(=O)CCCCCNC(=O)OCc1ccc(NC(=O)[C@H](C)NC(=O)[C@@H](NC(=O)CCCCCN2C(=O)C=CC2=O)C(C)C)cc1)C(=O)N(C)[C@H](C[C@@H](OC(C)=O)c1nc(C)cs1)C(C)C. The number of imide groups is 1. The number of likely N-dealkylation sites (tertiary alicyclic amines) is 1. The molecule has 436 valence electrons. The van der Waals surface area contributed by atoms with E-state index >= 15 is 0 Å². The second-order valence-electron chi connectivity index (χ2n) is 21.4. The number of esters is 1. The number of rotatable bonds is 31. The van der Waals surface area contributed by atoms with Gasteiger partial charge in [-0.25, -0.2) is 9.78 Å². The molecule has 2 aliphatic rings. The summed E-state index contributed by atoms with van der Waals surface area (Å²) in [5, 5.41) is 16.5. The molecule has 2 aromatic rings. The zero-order valence-corrected chi connectivity index (χ0v) is 48.7. The standard InChI is InChI=1S/C57H85N9O12S/c1-11-37(6)51(56(75)64(10)44(35(2)3)32-45(78-40(9)67)55-59-38(7)34-79-55)63-53(73)43-20-16-19-30-65(43)47(69)22-15-12-17-29-58-57(76)77-33-41-23-25-42(26-24-41)61-52(72)39(8)60-54(74)50(36(4)5)62-46(68)21-14-13-18-31-66-48(70)27-28-49(66)71/h23-28,34-37,39,43-45,50-51H,11-22,29-33H2,1-10H3,(H,58,76)(H,60,74)(H,61,72)(H,62,68)(H,63,73)/t37-,39-,43+,44+,45+,50-,51-/m0/s1. The van der Waals surface area contributed by atoms with Crippen molar-refractivity contribution in [3.05, 3.63) is 58.1 Å². The van der Waals surface area contributed by atoms with Crippen molar-refractivity contribution in [1.29, 1.82) is 0 Å². The van der Waals surface area contributed by atoms with Crippen molar-refractivity contribution in [3.63, 3.8) is 0 Å². The quantitative estimate of drug-likeness (QED) is 0.0311. The van der Waals surface area contributed by atoms with Crippen LogP contribution in [0.25, 0.3) is 0 Å². The second kappa shape index (κ2) is 32.4. The first-order valence-corrected chi connectivity index (χ1v) is 28.8. The van der Waals surface area contributed by atoms with Gasteiger partial charge in [-0.05, 0) is 94.2 Å². The predicted octanol–water partition coefficient (Wildman–Crippen LogP) is 6.40. The summed E-state index contributed by atoms with van der Waals surface area (Å²) in [5.41, 5.74) is 1.93. The molecule has 9 amide bonds. The van der Waals surface area contributed by atoms with Crippen LogP contribution in [0.5, 0.6) is 0 Å². The number of benzene rings is 1. The molecule has 2 aliphatic heterocycles. The predicted molar refractivity (Wildman–Crippen MR) is 299 cm³/mol. The monoisotopic (exact) mass is 1120 g/mol. The Bertz CT molecular complexity index is 2430. The maximum absolute atomic E-state index is 14.4. The molecular formula is C57H85N9O12S. The van der Waals surface area contributed by atoms with Crippen LogP contribution in [0.2, 0.25) is 0 Å². The number of thiazole rings is 1. The number of aryl methyl sites for hydroxylation is 1. The maximum Gasteiger partial charge on any atom is 0.407 e. The minimum atomic E-state index is -0.934. The van der Waals surface area contributed by atoms with Crippen LogP contribution in [0, 0.1) is 24.7 Å². The third-order valence-corrected chi connectivity index (χ3v) is 15.4. The molecule has 0 radical (unpaired) electrons. The highest BCUT2D eigenvalue weighted by atomic mass is 32.1. The average Bonchev–Trinajstić information content (AvgIpc) is 4.00. The number of hydrogen-bond donors (Lipinski definition) is 5. The van der Waals surface area contributed by atoms with Gasteiger partial charge in [0.1, 0.15) is 35.8 Å². The largest absolute Gasteiger partial charge is 0.455 e. The number of unbranched alkanes of at least 4 members (excludes halogenated alkanes) is 4. The lowest BCUT2D eigenvalue weighted by Gasteiger charge is -2.39. The number of carbonyl (C=O) groups is 10. The summed E-state index contributed by atoms with van der Waals surface area (Å²) in [6.07, 6.45) is 8.03. The Morgan fingerprint density at radius 3 is 2.10 bits per heavy atom. The molecule has 3 heterocycles. The van der Waals surface area contributed by atoms with Crippen LogP contribution in [0.1, 0.15) is 161 Å². The van der Waals surface area contributed by atoms with E-state index < -0.39 is 54.1 Å². The molecule has 5 N–H and O–H groups in total. The first-order valence-electron chi connectivity index (χ1n) is 27.9. The number of ether oxygens (including phenoxy) is 2. The van der Waals surface area contributed by atoms with Gasteiger partial charge in [-0.15, -0.1) is 11.3 Å². The van der Waals surface area contributed by atoms with E-state index in [2.05, 4.69) is 31.6 Å². The Morgan fingerprint density at radius 1 is 0.810 bits per heavy atom. The molecule has 1 aromatic carbocycles. The molecule has 0 aliphatic carbocycles. The zero-order chi connectivity index (χ0) is 58.3. The highest BCUT2D eigenvalue weighted by Crippen LogP contribution is 2.31. The fourth-order valence-electron chi connectivity index (χ4n) is 9.41. The van der Waals surface area contributed by atoms with Crippen molar-refractivity contribution in [1.82, 2.24) is 41.0 Å². The number of likely N-dealkylation sites (N-methyl/N-ethyl adjacent to an activating group) is 1. The van der Waals surface area contributed by atoms with E-state index in [1.54, 1.807) is 55.0 Å². The Morgan fingerprint density at radius 2 is 1.48 bits per heavy atom. The Kier molecular flexibility index (Phi) is 26.6. The van der Waals surface area contributed by atoms with Crippen LogP contribution >= 0.6 is 11.3 Å². The lowest BCUT2D eigenvalue weighted by atomic mass is 9.92. The van der Waals surface area contributed by atoms with Crippen molar-refractivity contribution in [2.24, 2.45) is 17.8 Å². The molecule has 0 saturated carbocycles. The lowest BCUT2D eigenvalue weighted by molar-refractivity contribution is -0.149. The minimum Gasteiger partial charge on any atom is -0.455 e. The highest BCUT2D eigenvalue weighted by molar-refractivity contribution is 7.09. The van der Waals surface area contributed by atoms with Gasteiger partial charge in [0.25, 0.3) is 11.8 Å². The fraction of sp³-hybridized carbons (Fsp3) is 0.632. The van der Waals surface area contributed by atoms with Crippen LogP contribution in [0.3, 0.4) is 0 Å². The molecule has 0 bridgehead atoms. The summed E-state index contributed by atoms with van der Waals surface area (Å²) in [6, 6.07) is 2.96. The van der Waals surface area contributed by atoms with E-state index in [0.29, 0.717) is 87.1 Å². The van der Waals surface area contributed by atoms with Gasteiger partial charge in [-0.3, -0.25) is 48.1 Å². The Hall–Kier alpha value is -6.71. The van der Waals surface area contributed by atoms with E-state index in [4.69, 9.17) is 9.47 Å². The Balaban J connectivity index is 1.15. The minimum absolute atomic E-state index is 0.0135. The second-order valence-corrected chi connectivity index (χ2v) is 22.3. The van der Waals surface area contributed by atoms with E-state index in [1.807, 2.05) is 40.0 Å². The van der Waals surface area contributed by atoms with Gasteiger partial charge in [0.05, 0.1) is 0 Å². The van der Waals surface area contributed by atoms with Crippen molar-refractivity contribution < 1.29 is 57.4 Å². The molecule has 1 fully saturated rings. The molecule has 0 unspecified atom stereocenters. The number of aromatic nitrogens is 1. The summed E-state index contributed by atoms with van der Waals surface area (Å²) >= 11 is 1.40. The molecule has 79 heavy (non-hydrogen) atoms. The molecule has 1 aromatic heterocycles. The molecule has 1 saturated heterocycles. The summed E-state index contributed by atoms with van der Waals surface area (Å²) in [4.78, 5) is 138. The molecule has 7 atom stereocenters. The fourth-order valence-corrected chi connectivity index (χ4v) is 10.3. The van der Waals surface area contributed by atoms with Crippen molar-refractivity contribution >= 4 is 76.3 Å². The topological polar surface area (TPSA) is 272 Å². The summed E-state index contributed by atoms with van der Waals surface area (Å²) in [7, 11) is 1.72. The summed E-state index contributed by atoms with van der Waals surface area (Å²) in [5.74, 6) is -3.67. The summed E-state index contributed by atoms with van der Waals surface area (Å²) < 4.78 is 11.1. The number of carbonyl (C=O) groups excluding carboxylic acids is 10. The van der Waals surface area contributed by atoms with Gasteiger partial charge in [-0.2, -0.15) is 0 Å². The van der Waals surface area contributed by atoms with E-state index in [1.165, 1.54) is 37.3 Å². The van der Waals surface area contributed by atoms with Crippen molar-refractivity contribution in [3.8, 4) is 0 Å². The van der Waals surface area contributed by atoms with E-state index in [9.17, 15) is 47.9 Å². The number of hydrogen-bond acceptors (Lipinski definition) is 14. The first-order chi connectivity index (χ1) is 37.5. The van der Waals surface area contributed by atoms with Crippen LogP contribution < -0.4 is 26.6 Å². The van der Waals surface area contributed by atoms with Gasteiger partial charge in [-0.1, -0.05) is 72.9 Å². The third kappa shape index (κ3) is 20.8.